The SMILES string of the molecule is CCN(C(=O)CCn1ccnc1)C1CCCCC1CN. The summed E-state index contributed by atoms with van der Waals surface area (Å²) in [5, 5.41) is 0. The molecule has 2 atom stereocenters. The van der Waals surface area contributed by atoms with Gasteiger partial charge in [0.1, 0.15) is 0 Å². The van der Waals surface area contributed by atoms with Gasteiger partial charge in [0.05, 0.1) is 6.33 Å². The van der Waals surface area contributed by atoms with Crippen molar-refractivity contribution in [3.05, 3.63) is 18.7 Å². The molecule has 0 bridgehead atoms. The number of aromatic nitrogens is 2. The fourth-order valence-corrected chi connectivity index (χ4v) is 3.26. The predicted octanol–water partition coefficient (Wildman–Crippen LogP) is 1.64. The number of amides is 1. The van der Waals surface area contributed by atoms with Crippen molar-refractivity contribution in [2.45, 2.75) is 51.6 Å². The van der Waals surface area contributed by atoms with Gasteiger partial charge in [-0.05, 0) is 32.2 Å². The highest BCUT2D eigenvalue weighted by atomic mass is 16.2. The largest absolute Gasteiger partial charge is 0.340 e. The van der Waals surface area contributed by atoms with Gasteiger partial charge < -0.3 is 15.2 Å². The van der Waals surface area contributed by atoms with Gasteiger partial charge in [0.25, 0.3) is 0 Å². The Labute approximate surface area is 121 Å². The number of hydrogen-bond acceptors (Lipinski definition) is 3. The van der Waals surface area contributed by atoms with Crippen molar-refractivity contribution in [2.75, 3.05) is 13.1 Å². The lowest BCUT2D eigenvalue weighted by atomic mass is 9.83. The Morgan fingerprint density at radius 1 is 1.45 bits per heavy atom. The van der Waals surface area contributed by atoms with E-state index in [1.807, 2.05) is 15.7 Å². The molecule has 0 spiro atoms. The van der Waals surface area contributed by atoms with Crippen LogP contribution >= 0.6 is 0 Å². The zero-order valence-corrected chi connectivity index (χ0v) is 12.4. The Balaban J connectivity index is 1.93. The topological polar surface area (TPSA) is 64.2 Å². The van der Waals surface area contributed by atoms with E-state index in [9.17, 15) is 4.79 Å². The summed E-state index contributed by atoms with van der Waals surface area (Å²) in [7, 11) is 0. The van der Waals surface area contributed by atoms with E-state index in [1.54, 1.807) is 12.5 Å². The highest BCUT2D eigenvalue weighted by molar-refractivity contribution is 5.76. The molecule has 0 saturated heterocycles. The molecular weight excluding hydrogens is 252 g/mol. The minimum Gasteiger partial charge on any atom is -0.340 e. The molecule has 0 aromatic carbocycles. The average molecular weight is 278 g/mol. The Hall–Kier alpha value is -1.36. The maximum atomic E-state index is 12.5. The lowest BCUT2D eigenvalue weighted by Crippen LogP contribution is -2.48. The number of carbonyl (C=O) groups excluding carboxylic acids is 1. The number of nitrogens with zero attached hydrogens (tertiary/aromatic N) is 3. The van der Waals surface area contributed by atoms with Crippen molar-refractivity contribution in [1.29, 1.82) is 0 Å². The second-order valence-corrected chi connectivity index (χ2v) is 5.58. The summed E-state index contributed by atoms with van der Waals surface area (Å²) in [6.45, 7) is 4.24. The van der Waals surface area contributed by atoms with Crippen LogP contribution in [-0.2, 0) is 11.3 Å². The third-order valence-corrected chi connectivity index (χ3v) is 4.38. The van der Waals surface area contributed by atoms with Crippen LogP contribution in [0.3, 0.4) is 0 Å². The van der Waals surface area contributed by atoms with Gasteiger partial charge >= 0.3 is 0 Å². The van der Waals surface area contributed by atoms with Crippen LogP contribution in [0.5, 0.6) is 0 Å². The molecule has 5 heteroatoms. The van der Waals surface area contributed by atoms with Crippen LogP contribution in [0.15, 0.2) is 18.7 Å². The first-order chi connectivity index (χ1) is 9.76. The fourth-order valence-electron chi connectivity index (χ4n) is 3.26. The first-order valence-corrected chi connectivity index (χ1v) is 7.71. The van der Waals surface area contributed by atoms with Crippen molar-refractivity contribution in [1.82, 2.24) is 14.5 Å². The van der Waals surface area contributed by atoms with E-state index in [4.69, 9.17) is 5.73 Å². The zero-order chi connectivity index (χ0) is 14.4. The van der Waals surface area contributed by atoms with Crippen LogP contribution in [0.1, 0.15) is 39.0 Å². The summed E-state index contributed by atoms with van der Waals surface area (Å²) in [6.07, 6.45) is 10.7. The van der Waals surface area contributed by atoms with Crippen molar-refractivity contribution < 1.29 is 4.79 Å². The Morgan fingerprint density at radius 3 is 2.90 bits per heavy atom. The molecule has 0 radical (unpaired) electrons. The van der Waals surface area contributed by atoms with Crippen LogP contribution in [0.25, 0.3) is 0 Å². The lowest BCUT2D eigenvalue weighted by Gasteiger charge is -2.39. The van der Waals surface area contributed by atoms with Crippen molar-refractivity contribution >= 4 is 5.91 Å². The lowest BCUT2D eigenvalue weighted by molar-refractivity contribution is -0.135. The molecule has 20 heavy (non-hydrogen) atoms. The summed E-state index contributed by atoms with van der Waals surface area (Å²) in [4.78, 5) is 18.5. The molecular formula is C15H26N4O. The van der Waals surface area contributed by atoms with E-state index in [0.717, 1.165) is 19.4 Å². The summed E-state index contributed by atoms with van der Waals surface area (Å²) in [6, 6.07) is 0.342. The van der Waals surface area contributed by atoms with Gasteiger partial charge in [-0.2, -0.15) is 0 Å². The molecule has 1 aliphatic rings. The van der Waals surface area contributed by atoms with Gasteiger partial charge in [0, 0.05) is 37.9 Å². The molecule has 1 aromatic heterocycles. The highest BCUT2D eigenvalue weighted by Crippen LogP contribution is 2.28. The smallest absolute Gasteiger partial charge is 0.224 e. The molecule has 1 aromatic rings. The zero-order valence-electron chi connectivity index (χ0n) is 12.4. The van der Waals surface area contributed by atoms with Gasteiger partial charge in [-0.15, -0.1) is 0 Å². The summed E-state index contributed by atoms with van der Waals surface area (Å²) in [5.41, 5.74) is 5.89. The molecule has 1 aliphatic carbocycles. The van der Waals surface area contributed by atoms with E-state index in [2.05, 4.69) is 11.9 Å². The molecule has 1 saturated carbocycles. The number of nitrogens with two attached hydrogens (primary N) is 1. The monoisotopic (exact) mass is 278 g/mol. The van der Waals surface area contributed by atoms with Crippen LogP contribution in [-0.4, -0.2) is 39.5 Å². The van der Waals surface area contributed by atoms with E-state index in [-0.39, 0.29) is 5.91 Å². The molecule has 1 amide bonds. The van der Waals surface area contributed by atoms with Gasteiger partial charge in [-0.3, -0.25) is 4.79 Å². The molecule has 112 valence electrons. The molecule has 1 fully saturated rings. The second-order valence-electron chi connectivity index (χ2n) is 5.58. The van der Waals surface area contributed by atoms with Gasteiger partial charge in [0.15, 0.2) is 0 Å². The minimum atomic E-state index is 0.242. The molecule has 2 unspecified atom stereocenters. The van der Waals surface area contributed by atoms with Crippen LogP contribution < -0.4 is 5.73 Å². The standard InChI is InChI=1S/C15H26N4O/c1-2-19(14-6-4-3-5-13(14)11-16)15(20)7-9-18-10-8-17-12-18/h8,10,12-14H,2-7,9,11,16H2,1H3. The molecule has 1 heterocycles. The quantitative estimate of drug-likeness (QED) is 0.860. The Kier molecular flexibility index (Phi) is 5.59. The van der Waals surface area contributed by atoms with E-state index in [0.29, 0.717) is 31.5 Å². The first-order valence-electron chi connectivity index (χ1n) is 7.71. The Bertz CT molecular complexity index is 404. The third kappa shape index (κ3) is 3.60. The maximum absolute atomic E-state index is 12.5. The van der Waals surface area contributed by atoms with Crippen molar-refractivity contribution in [3.63, 3.8) is 0 Å². The van der Waals surface area contributed by atoms with Crippen LogP contribution in [0, 0.1) is 5.92 Å². The Morgan fingerprint density at radius 2 is 2.25 bits per heavy atom. The van der Waals surface area contributed by atoms with Gasteiger partial charge in [-0.25, -0.2) is 4.98 Å². The van der Waals surface area contributed by atoms with Crippen molar-refractivity contribution in [3.8, 4) is 0 Å². The van der Waals surface area contributed by atoms with Crippen molar-refractivity contribution in [2.24, 2.45) is 11.7 Å². The molecule has 2 N–H and O–H groups in total. The van der Waals surface area contributed by atoms with Gasteiger partial charge in [-0.1, -0.05) is 12.8 Å². The normalized spacial score (nSPS) is 22.7. The summed E-state index contributed by atoms with van der Waals surface area (Å²) in [5.74, 6) is 0.715. The fraction of sp³-hybridized carbons (Fsp3) is 0.733. The maximum Gasteiger partial charge on any atom is 0.224 e. The molecule has 5 nitrogen and oxygen atoms in total. The number of hydrogen-bond donors (Lipinski definition) is 1. The van der Waals surface area contributed by atoms with E-state index < -0.39 is 0 Å². The number of imidazole rings is 1. The number of carbonyl (C=O) groups is 1. The minimum absolute atomic E-state index is 0.242. The molecule has 0 aliphatic heterocycles. The first kappa shape index (κ1) is 15.0. The molecule has 2 rings (SSSR count). The second kappa shape index (κ2) is 7.43. The number of rotatable bonds is 6. The average Bonchev–Trinajstić information content (AvgIpc) is 3.00. The summed E-state index contributed by atoms with van der Waals surface area (Å²) < 4.78 is 1.95. The van der Waals surface area contributed by atoms with E-state index in [1.165, 1.54) is 12.8 Å². The van der Waals surface area contributed by atoms with Gasteiger partial charge in [0.2, 0.25) is 5.91 Å². The summed E-state index contributed by atoms with van der Waals surface area (Å²) >= 11 is 0. The van der Waals surface area contributed by atoms with Crippen LogP contribution in [0.2, 0.25) is 0 Å². The number of aryl methyl sites for hydroxylation is 1. The van der Waals surface area contributed by atoms with Crippen LogP contribution in [0.4, 0.5) is 0 Å². The highest BCUT2D eigenvalue weighted by Gasteiger charge is 2.30. The van der Waals surface area contributed by atoms with E-state index >= 15 is 0 Å². The predicted molar refractivity (Wildman–Crippen MR) is 79.0 cm³/mol. The third-order valence-electron chi connectivity index (χ3n) is 4.38.